The maximum atomic E-state index is 5.64. The Bertz CT molecular complexity index is 394. The number of nitrogens with two attached hydrogens (primary N) is 1. The van der Waals surface area contributed by atoms with Gasteiger partial charge in [-0.25, -0.2) is 14.6 Å². The molecule has 0 spiro atoms. The van der Waals surface area contributed by atoms with Gasteiger partial charge in [-0.05, 0) is 23.7 Å². The maximum Gasteiger partial charge on any atom is 0.224 e. The molecule has 0 aliphatic carbocycles. The molecule has 0 unspecified atom stereocenters. The topological polar surface area (TPSA) is 56.7 Å². The summed E-state index contributed by atoms with van der Waals surface area (Å²) in [5.41, 5.74) is 1.30. The molecule has 4 nitrogen and oxygen atoms in total. The van der Waals surface area contributed by atoms with Gasteiger partial charge < -0.3 is 5.84 Å². The van der Waals surface area contributed by atoms with Gasteiger partial charge in [-0.2, -0.15) is 0 Å². The van der Waals surface area contributed by atoms with E-state index in [4.69, 9.17) is 17.4 Å². The van der Waals surface area contributed by atoms with Crippen LogP contribution < -0.4 is 5.84 Å². The molecule has 0 fully saturated rings. The molecule has 2 aromatic heterocycles. The highest BCUT2D eigenvalue weighted by atomic mass is 35.5. The molecule has 5 heteroatoms. The number of halogens is 1. The van der Waals surface area contributed by atoms with Crippen LogP contribution in [0, 0.1) is 0 Å². The molecule has 0 saturated heterocycles. The average Bonchev–Trinajstić information content (AvgIpc) is 2.30. The Morgan fingerprint density at radius 3 is 3.09 bits per heavy atom. The van der Waals surface area contributed by atoms with Crippen LogP contribution in [0.4, 0.5) is 0 Å². The fraction of sp³-hybridized carbons (Fsp3) is 0. The van der Waals surface area contributed by atoms with Crippen LogP contribution in [-0.4, -0.2) is 14.6 Å². The molecule has 0 aliphatic rings. The zero-order valence-electron chi connectivity index (χ0n) is 5.53. The molecule has 0 bridgehead atoms. The van der Waals surface area contributed by atoms with Crippen LogP contribution in [-0.2, 0) is 0 Å². The zero-order valence-corrected chi connectivity index (χ0v) is 6.28. The molecule has 0 aromatic carbocycles. The van der Waals surface area contributed by atoms with Gasteiger partial charge in [-0.15, -0.1) is 0 Å². The minimum absolute atomic E-state index is 0.249. The summed E-state index contributed by atoms with van der Waals surface area (Å²) >= 11 is 5.64. The van der Waals surface area contributed by atoms with E-state index in [1.165, 1.54) is 4.68 Å². The Morgan fingerprint density at radius 1 is 1.55 bits per heavy atom. The second kappa shape index (κ2) is 2.10. The van der Waals surface area contributed by atoms with Crippen molar-refractivity contribution in [1.29, 1.82) is 0 Å². The number of imidazole rings is 1. The third-order valence-corrected chi connectivity index (χ3v) is 1.67. The number of pyridine rings is 1. The number of nitrogen functional groups attached to an aromatic ring is 1. The Labute approximate surface area is 67.6 Å². The van der Waals surface area contributed by atoms with Crippen LogP contribution in [0.25, 0.3) is 11.2 Å². The van der Waals surface area contributed by atoms with Crippen molar-refractivity contribution in [3.63, 3.8) is 0 Å². The minimum atomic E-state index is 0.249. The first kappa shape index (κ1) is 6.42. The van der Waals surface area contributed by atoms with Crippen LogP contribution in [0.15, 0.2) is 18.3 Å². The predicted molar refractivity (Wildman–Crippen MR) is 42.7 cm³/mol. The van der Waals surface area contributed by atoms with E-state index in [9.17, 15) is 0 Å². The highest BCUT2D eigenvalue weighted by Crippen LogP contribution is 2.12. The summed E-state index contributed by atoms with van der Waals surface area (Å²) < 4.78 is 1.25. The van der Waals surface area contributed by atoms with E-state index < -0.39 is 0 Å². The molecule has 2 rings (SSSR count). The average molecular weight is 169 g/mol. The molecule has 2 aromatic rings. The van der Waals surface area contributed by atoms with Gasteiger partial charge in [-0.1, -0.05) is 0 Å². The first-order valence-corrected chi connectivity index (χ1v) is 3.41. The van der Waals surface area contributed by atoms with Gasteiger partial charge in [0.15, 0.2) is 5.65 Å². The van der Waals surface area contributed by atoms with Crippen LogP contribution in [0.5, 0.6) is 0 Å². The van der Waals surface area contributed by atoms with Crippen LogP contribution in [0.2, 0.25) is 5.28 Å². The predicted octanol–water partition coefficient (Wildman–Crippen LogP) is 0.798. The fourth-order valence-corrected chi connectivity index (χ4v) is 1.07. The summed E-state index contributed by atoms with van der Waals surface area (Å²) in [5, 5.41) is 0.249. The molecule has 0 aliphatic heterocycles. The summed E-state index contributed by atoms with van der Waals surface area (Å²) in [6, 6.07) is 3.59. The molecule has 2 N–H and O–H groups in total. The standard InChI is InChI=1S/C6H5ClN4/c7-6-10-4-2-1-3-9-5(4)11(6)8/h1-3H,8H2. The fourth-order valence-electron chi connectivity index (χ4n) is 0.902. The van der Waals surface area contributed by atoms with E-state index in [0.717, 1.165) is 0 Å². The third kappa shape index (κ3) is 0.832. The summed E-state index contributed by atoms with van der Waals surface area (Å²) in [6.07, 6.45) is 1.64. The smallest absolute Gasteiger partial charge is 0.224 e. The summed E-state index contributed by atoms with van der Waals surface area (Å²) in [7, 11) is 0. The van der Waals surface area contributed by atoms with Crippen molar-refractivity contribution in [2.24, 2.45) is 0 Å². The number of hydrogen-bond donors (Lipinski definition) is 1. The lowest BCUT2D eigenvalue weighted by atomic mass is 10.4. The SMILES string of the molecule is Nn1c(Cl)nc2cccnc21. The lowest BCUT2D eigenvalue weighted by molar-refractivity contribution is 1.02. The van der Waals surface area contributed by atoms with Gasteiger partial charge in [0, 0.05) is 6.20 Å². The summed E-state index contributed by atoms with van der Waals surface area (Å²) in [5.74, 6) is 5.50. The lowest BCUT2D eigenvalue weighted by Gasteiger charge is -1.91. The number of aromatic nitrogens is 3. The highest BCUT2D eigenvalue weighted by Gasteiger charge is 2.04. The van der Waals surface area contributed by atoms with Crippen LogP contribution in [0.3, 0.4) is 0 Å². The largest absolute Gasteiger partial charge is 0.335 e. The first-order chi connectivity index (χ1) is 5.29. The van der Waals surface area contributed by atoms with Gasteiger partial charge in [-0.3, -0.25) is 0 Å². The normalized spacial score (nSPS) is 10.6. The lowest BCUT2D eigenvalue weighted by Crippen LogP contribution is -2.08. The van der Waals surface area contributed by atoms with Crippen molar-refractivity contribution in [2.45, 2.75) is 0 Å². The van der Waals surface area contributed by atoms with Gasteiger partial charge in [0.1, 0.15) is 5.52 Å². The number of nitrogens with zero attached hydrogens (tertiary/aromatic N) is 3. The minimum Gasteiger partial charge on any atom is -0.335 e. The monoisotopic (exact) mass is 168 g/mol. The van der Waals surface area contributed by atoms with Crippen LogP contribution >= 0.6 is 11.6 Å². The number of fused-ring (bicyclic) bond motifs is 1. The van der Waals surface area contributed by atoms with Gasteiger partial charge in [0.05, 0.1) is 0 Å². The molecule has 0 radical (unpaired) electrons. The zero-order chi connectivity index (χ0) is 7.84. The molecule has 2 heterocycles. The molecule has 56 valence electrons. The highest BCUT2D eigenvalue weighted by molar-refractivity contribution is 6.29. The van der Waals surface area contributed by atoms with E-state index in [0.29, 0.717) is 11.2 Å². The van der Waals surface area contributed by atoms with E-state index >= 15 is 0 Å². The van der Waals surface area contributed by atoms with Crippen molar-refractivity contribution >= 4 is 22.8 Å². The van der Waals surface area contributed by atoms with Crippen LogP contribution in [0.1, 0.15) is 0 Å². The quantitative estimate of drug-likeness (QED) is 0.592. The molecule has 0 amide bonds. The Kier molecular flexibility index (Phi) is 1.22. The second-order valence-corrected chi connectivity index (χ2v) is 2.44. The molecular formula is C6H5ClN4. The summed E-state index contributed by atoms with van der Waals surface area (Å²) in [4.78, 5) is 7.95. The Hall–Kier alpha value is -1.29. The Morgan fingerprint density at radius 2 is 2.36 bits per heavy atom. The first-order valence-electron chi connectivity index (χ1n) is 3.03. The molecule has 0 atom stereocenters. The van der Waals surface area contributed by atoms with Crippen molar-refractivity contribution in [3.05, 3.63) is 23.6 Å². The van der Waals surface area contributed by atoms with Crippen molar-refractivity contribution in [3.8, 4) is 0 Å². The van der Waals surface area contributed by atoms with Crippen molar-refractivity contribution in [1.82, 2.24) is 14.6 Å². The molecule has 0 saturated carbocycles. The van der Waals surface area contributed by atoms with E-state index in [-0.39, 0.29) is 5.28 Å². The maximum absolute atomic E-state index is 5.64. The van der Waals surface area contributed by atoms with E-state index in [1.807, 2.05) is 0 Å². The number of hydrogen-bond acceptors (Lipinski definition) is 3. The number of rotatable bonds is 0. The van der Waals surface area contributed by atoms with Crippen molar-refractivity contribution < 1.29 is 0 Å². The molecular weight excluding hydrogens is 164 g/mol. The second-order valence-electron chi connectivity index (χ2n) is 2.10. The van der Waals surface area contributed by atoms with Gasteiger partial charge in [0.25, 0.3) is 0 Å². The molecule has 11 heavy (non-hydrogen) atoms. The van der Waals surface area contributed by atoms with Crippen molar-refractivity contribution in [2.75, 3.05) is 5.84 Å². The third-order valence-electron chi connectivity index (χ3n) is 1.41. The van der Waals surface area contributed by atoms with E-state index in [2.05, 4.69) is 9.97 Å². The van der Waals surface area contributed by atoms with Gasteiger partial charge in [0.2, 0.25) is 5.28 Å². The van der Waals surface area contributed by atoms with E-state index in [1.54, 1.807) is 18.3 Å². The summed E-state index contributed by atoms with van der Waals surface area (Å²) in [6.45, 7) is 0. The Balaban J connectivity index is 2.92. The van der Waals surface area contributed by atoms with Gasteiger partial charge >= 0.3 is 0 Å².